The molecule has 2 heterocycles. The standard InChI is InChI=1S/C16H21BrO3/c1-11-2-3-14(17)13(8-11)15(18)12-4-6-20-16(9-12)5-7-19-10-16/h2-3,8,12,15,18H,4-7,9-10H2,1H3. The van der Waals surface area contributed by atoms with E-state index in [4.69, 9.17) is 9.47 Å². The predicted molar refractivity (Wildman–Crippen MR) is 80.7 cm³/mol. The quantitative estimate of drug-likeness (QED) is 0.896. The Morgan fingerprint density at radius 1 is 1.40 bits per heavy atom. The van der Waals surface area contributed by atoms with Crippen LogP contribution >= 0.6 is 15.9 Å². The maximum Gasteiger partial charge on any atom is 0.0940 e. The molecular weight excluding hydrogens is 320 g/mol. The first-order valence-corrected chi connectivity index (χ1v) is 8.05. The largest absolute Gasteiger partial charge is 0.388 e. The van der Waals surface area contributed by atoms with E-state index in [0.717, 1.165) is 35.9 Å². The van der Waals surface area contributed by atoms with Gasteiger partial charge in [-0.25, -0.2) is 0 Å². The molecule has 3 nitrogen and oxygen atoms in total. The minimum atomic E-state index is -0.439. The van der Waals surface area contributed by atoms with Crippen LogP contribution in [0.15, 0.2) is 22.7 Å². The zero-order valence-corrected chi connectivity index (χ0v) is 13.4. The van der Waals surface area contributed by atoms with Gasteiger partial charge in [0.05, 0.1) is 18.3 Å². The Bertz CT molecular complexity index is 483. The van der Waals surface area contributed by atoms with Crippen LogP contribution in [0.4, 0.5) is 0 Å². The van der Waals surface area contributed by atoms with Gasteiger partial charge in [-0.2, -0.15) is 0 Å². The highest BCUT2D eigenvalue weighted by Crippen LogP contribution is 2.42. The van der Waals surface area contributed by atoms with E-state index in [2.05, 4.69) is 35.0 Å². The molecule has 2 saturated heterocycles. The molecule has 1 aromatic rings. The highest BCUT2D eigenvalue weighted by Gasteiger charge is 2.43. The summed E-state index contributed by atoms with van der Waals surface area (Å²) in [5.41, 5.74) is 2.01. The molecule has 0 bridgehead atoms. The number of hydrogen-bond donors (Lipinski definition) is 1. The van der Waals surface area contributed by atoms with E-state index in [1.807, 2.05) is 6.07 Å². The predicted octanol–water partition coefficient (Wildman–Crippen LogP) is 3.38. The second kappa shape index (κ2) is 5.76. The first-order chi connectivity index (χ1) is 9.60. The average molecular weight is 341 g/mol. The van der Waals surface area contributed by atoms with Gasteiger partial charge in [0.25, 0.3) is 0 Å². The van der Waals surface area contributed by atoms with E-state index in [1.165, 1.54) is 5.56 Å². The molecule has 2 fully saturated rings. The average Bonchev–Trinajstić information content (AvgIpc) is 2.88. The van der Waals surface area contributed by atoms with Gasteiger partial charge in [-0.1, -0.05) is 33.6 Å². The monoisotopic (exact) mass is 340 g/mol. The Balaban J connectivity index is 1.79. The number of benzene rings is 1. The highest BCUT2D eigenvalue weighted by molar-refractivity contribution is 9.10. The lowest BCUT2D eigenvalue weighted by Gasteiger charge is -2.39. The fourth-order valence-corrected chi connectivity index (χ4v) is 3.82. The lowest BCUT2D eigenvalue weighted by molar-refractivity contribution is -0.117. The lowest BCUT2D eigenvalue weighted by atomic mass is 9.80. The third-order valence-corrected chi connectivity index (χ3v) is 5.24. The van der Waals surface area contributed by atoms with E-state index in [-0.39, 0.29) is 11.5 Å². The van der Waals surface area contributed by atoms with Gasteiger partial charge in [0, 0.05) is 24.1 Å². The van der Waals surface area contributed by atoms with Crippen molar-refractivity contribution < 1.29 is 14.6 Å². The number of ether oxygens (including phenoxy) is 2. The van der Waals surface area contributed by atoms with Crippen molar-refractivity contribution in [2.24, 2.45) is 5.92 Å². The van der Waals surface area contributed by atoms with Gasteiger partial charge in [-0.05, 0) is 37.3 Å². The summed E-state index contributed by atoms with van der Waals surface area (Å²) in [7, 11) is 0. The summed E-state index contributed by atoms with van der Waals surface area (Å²) in [6.45, 7) is 4.22. The second-order valence-corrected chi connectivity index (χ2v) is 6.91. The molecule has 0 aromatic heterocycles. The van der Waals surface area contributed by atoms with Crippen LogP contribution in [-0.4, -0.2) is 30.5 Å². The summed E-state index contributed by atoms with van der Waals surface area (Å²) in [6, 6.07) is 6.14. The van der Waals surface area contributed by atoms with Crippen LogP contribution in [0.2, 0.25) is 0 Å². The Hall–Kier alpha value is -0.420. The third kappa shape index (κ3) is 2.80. The zero-order valence-electron chi connectivity index (χ0n) is 11.8. The maximum atomic E-state index is 10.8. The van der Waals surface area contributed by atoms with Gasteiger partial charge < -0.3 is 14.6 Å². The van der Waals surface area contributed by atoms with Crippen LogP contribution in [0.25, 0.3) is 0 Å². The number of aliphatic hydroxyl groups is 1. The first kappa shape index (κ1) is 14.5. The molecule has 3 unspecified atom stereocenters. The Morgan fingerprint density at radius 2 is 2.25 bits per heavy atom. The molecule has 0 radical (unpaired) electrons. The molecule has 0 amide bonds. The van der Waals surface area contributed by atoms with Crippen molar-refractivity contribution in [2.45, 2.75) is 37.9 Å². The molecule has 3 rings (SSSR count). The maximum absolute atomic E-state index is 10.8. The summed E-state index contributed by atoms with van der Waals surface area (Å²) in [6.07, 6.45) is 2.30. The number of halogens is 1. The number of hydrogen-bond acceptors (Lipinski definition) is 3. The molecule has 2 aliphatic heterocycles. The normalized spacial score (nSPS) is 31.6. The van der Waals surface area contributed by atoms with Crippen LogP contribution in [0.3, 0.4) is 0 Å². The minimum absolute atomic E-state index is 0.153. The van der Waals surface area contributed by atoms with Gasteiger partial charge in [0.2, 0.25) is 0 Å². The summed E-state index contributed by atoms with van der Waals surface area (Å²) in [5.74, 6) is 0.239. The van der Waals surface area contributed by atoms with Crippen molar-refractivity contribution in [3.05, 3.63) is 33.8 Å². The van der Waals surface area contributed by atoms with Crippen LogP contribution in [0, 0.1) is 12.8 Å². The van der Waals surface area contributed by atoms with Crippen molar-refractivity contribution in [2.75, 3.05) is 19.8 Å². The number of rotatable bonds is 2. The van der Waals surface area contributed by atoms with Gasteiger partial charge >= 0.3 is 0 Å². The molecule has 4 heteroatoms. The molecule has 3 atom stereocenters. The smallest absolute Gasteiger partial charge is 0.0940 e. The van der Waals surface area contributed by atoms with Crippen molar-refractivity contribution >= 4 is 15.9 Å². The number of aliphatic hydroxyl groups excluding tert-OH is 1. The SMILES string of the molecule is Cc1ccc(Br)c(C(O)C2CCOC3(CCOC3)C2)c1. The van der Waals surface area contributed by atoms with E-state index in [9.17, 15) is 5.11 Å². The van der Waals surface area contributed by atoms with Gasteiger partial charge in [-0.3, -0.25) is 0 Å². The molecule has 1 N–H and O–H groups in total. The molecular formula is C16H21BrO3. The third-order valence-electron chi connectivity index (χ3n) is 4.51. The molecule has 20 heavy (non-hydrogen) atoms. The van der Waals surface area contributed by atoms with E-state index < -0.39 is 6.10 Å². The summed E-state index contributed by atoms with van der Waals surface area (Å²) in [4.78, 5) is 0. The summed E-state index contributed by atoms with van der Waals surface area (Å²) in [5, 5.41) is 10.8. The Labute approximate surface area is 128 Å². The van der Waals surface area contributed by atoms with E-state index in [1.54, 1.807) is 0 Å². The fourth-order valence-electron chi connectivity index (χ4n) is 3.34. The zero-order chi connectivity index (χ0) is 14.2. The summed E-state index contributed by atoms with van der Waals surface area (Å²) >= 11 is 3.56. The van der Waals surface area contributed by atoms with Gasteiger partial charge in [0.1, 0.15) is 0 Å². The molecule has 0 aliphatic carbocycles. The van der Waals surface area contributed by atoms with Crippen molar-refractivity contribution in [1.82, 2.24) is 0 Å². The van der Waals surface area contributed by atoms with Crippen LogP contribution in [0.5, 0.6) is 0 Å². The molecule has 2 aliphatic rings. The highest BCUT2D eigenvalue weighted by atomic mass is 79.9. The Kier molecular flexibility index (Phi) is 4.18. The summed E-state index contributed by atoms with van der Waals surface area (Å²) < 4.78 is 12.4. The second-order valence-electron chi connectivity index (χ2n) is 6.06. The fraction of sp³-hybridized carbons (Fsp3) is 0.625. The molecule has 0 saturated carbocycles. The van der Waals surface area contributed by atoms with Gasteiger partial charge in [-0.15, -0.1) is 0 Å². The molecule has 1 aromatic carbocycles. The van der Waals surface area contributed by atoms with Crippen LogP contribution in [0.1, 0.15) is 36.5 Å². The van der Waals surface area contributed by atoms with Crippen molar-refractivity contribution in [3.63, 3.8) is 0 Å². The van der Waals surface area contributed by atoms with Crippen molar-refractivity contribution in [3.8, 4) is 0 Å². The van der Waals surface area contributed by atoms with E-state index >= 15 is 0 Å². The van der Waals surface area contributed by atoms with Gasteiger partial charge in [0.15, 0.2) is 0 Å². The Morgan fingerprint density at radius 3 is 3.00 bits per heavy atom. The molecule has 1 spiro atoms. The number of aryl methyl sites for hydroxylation is 1. The molecule has 110 valence electrons. The minimum Gasteiger partial charge on any atom is -0.388 e. The van der Waals surface area contributed by atoms with Crippen molar-refractivity contribution in [1.29, 1.82) is 0 Å². The van der Waals surface area contributed by atoms with E-state index in [0.29, 0.717) is 13.2 Å². The van der Waals surface area contributed by atoms with Crippen LogP contribution < -0.4 is 0 Å². The van der Waals surface area contributed by atoms with Crippen LogP contribution in [-0.2, 0) is 9.47 Å². The lowest BCUT2D eigenvalue weighted by Crippen LogP contribution is -2.41. The topological polar surface area (TPSA) is 38.7 Å². The first-order valence-electron chi connectivity index (χ1n) is 7.25.